The third-order valence-electron chi connectivity index (χ3n) is 3.07. The van der Waals surface area contributed by atoms with Crippen molar-refractivity contribution in [3.63, 3.8) is 0 Å². The highest BCUT2D eigenvalue weighted by atomic mass is 35.5. The minimum atomic E-state index is 0.0792. The topological polar surface area (TPSA) is 12.0 Å². The Balaban J connectivity index is 2.28. The first-order valence-electron chi connectivity index (χ1n) is 6.17. The van der Waals surface area contributed by atoms with Crippen molar-refractivity contribution in [1.29, 1.82) is 0 Å². The maximum absolute atomic E-state index is 6.31. The molecule has 1 atom stereocenters. The van der Waals surface area contributed by atoms with Crippen molar-refractivity contribution in [2.24, 2.45) is 5.92 Å². The summed E-state index contributed by atoms with van der Waals surface area (Å²) in [6.07, 6.45) is 2.48. The molecule has 0 fully saturated rings. The molecule has 0 amide bonds. The van der Waals surface area contributed by atoms with Crippen LogP contribution >= 0.6 is 11.6 Å². The van der Waals surface area contributed by atoms with Crippen molar-refractivity contribution in [1.82, 2.24) is 5.32 Å². The van der Waals surface area contributed by atoms with Gasteiger partial charge in [0.25, 0.3) is 0 Å². The summed E-state index contributed by atoms with van der Waals surface area (Å²) in [7, 11) is 0. The van der Waals surface area contributed by atoms with Crippen molar-refractivity contribution in [3.8, 4) is 0 Å². The lowest BCUT2D eigenvalue weighted by Gasteiger charge is -2.15. The van der Waals surface area contributed by atoms with Gasteiger partial charge in [-0.05, 0) is 18.0 Å². The molecule has 0 aliphatic carbocycles. The summed E-state index contributed by atoms with van der Waals surface area (Å²) in [6, 6.07) is 10.2. The van der Waals surface area contributed by atoms with E-state index in [4.69, 9.17) is 11.6 Å². The maximum Gasteiger partial charge on any atom is 0.0709 e. The number of nitrogens with one attached hydrogen (secondary N) is 1. The summed E-state index contributed by atoms with van der Waals surface area (Å²) in [6.45, 7) is 6.40. The van der Waals surface area contributed by atoms with E-state index >= 15 is 0 Å². The summed E-state index contributed by atoms with van der Waals surface area (Å²) < 4.78 is 0. The molecule has 1 aromatic carbocycles. The van der Waals surface area contributed by atoms with Gasteiger partial charge in [0.2, 0.25) is 0 Å². The highest BCUT2D eigenvalue weighted by Crippen LogP contribution is 2.18. The van der Waals surface area contributed by atoms with E-state index in [2.05, 4.69) is 31.3 Å². The van der Waals surface area contributed by atoms with Crippen LogP contribution in [0.2, 0.25) is 0 Å². The van der Waals surface area contributed by atoms with Crippen LogP contribution in [-0.4, -0.2) is 13.1 Å². The number of rotatable bonds is 7. The normalized spacial score (nSPS) is 13.0. The van der Waals surface area contributed by atoms with Crippen LogP contribution in [0.5, 0.6) is 0 Å². The first-order valence-corrected chi connectivity index (χ1v) is 6.61. The Bertz CT molecular complexity index is 269. The fourth-order valence-electron chi connectivity index (χ4n) is 1.77. The van der Waals surface area contributed by atoms with Gasteiger partial charge in [-0.2, -0.15) is 0 Å². The molecule has 0 aromatic heterocycles. The van der Waals surface area contributed by atoms with Crippen molar-refractivity contribution in [3.05, 3.63) is 35.9 Å². The molecular weight excluding hydrogens is 218 g/mol. The summed E-state index contributed by atoms with van der Waals surface area (Å²) in [4.78, 5) is 0. The van der Waals surface area contributed by atoms with Crippen molar-refractivity contribution in [2.75, 3.05) is 13.1 Å². The van der Waals surface area contributed by atoms with E-state index in [1.807, 2.05) is 18.2 Å². The van der Waals surface area contributed by atoms with Gasteiger partial charge in [0.05, 0.1) is 5.38 Å². The lowest BCUT2D eigenvalue weighted by atomic mass is 10.0. The Morgan fingerprint density at radius 3 is 2.25 bits per heavy atom. The number of benzene rings is 1. The number of hydrogen-bond donors (Lipinski definition) is 1. The zero-order valence-electron chi connectivity index (χ0n) is 10.2. The molecule has 1 rings (SSSR count). The molecule has 0 aliphatic rings. The molecule has 2 heteroatoms. The van der Waals surface area contributed by atoms with Crippen molar-refractivity contribution >= 4 is 11.6 Å². The second-order valence-corrected chi connectivity index (χ2v) is 4.75. The Morgan fingerprint density at radius 2 is 1.69 bits per heavy atom. The van der Waals surface area contributed by atoms with Crippen LogP contribution in [0.1, 0.15) is 37.6 Å². The van der Waals surface area contributed by atoms with Gasteiger partial charge in [-0.3, -0.25) is 0 Å². The molecule has 0 spiro atoms. The second-order valence-electron chi connectivity index (χ2n) is 4.22. The molecule has 0 bridgehead atoms. The van der Waals surface area contributed by atoms with Gasteiger partial charge in [-0.1, -0.05) is 57.0 Å². The third kappa shape index (κ3) is 4.54. The van der Waals surface area contributed by atoms with Gasteiger partial charge >= 0.3 is 0 Å². The maximum atomic E-state index is 6.31. The Kier molecular flexibility index (Phi) is 6.51. The molecule has 0 heterocycles. The van der Waals surface area contributed by atoms with Crippen LogP contribution in [0.4, 0.5) is 0 Å². The Hall–Kier alpha value is -0.530. The second kappa shape index (κ2) is 7.70. The summed E-state index contributed by atoms with van der Waals surface area (Å²) in [5.41, 5.74) is 1.20. The average Bonchev–Trinajstić information content (AvgIpc) is 2.35. The van der Waals surface area contributed by atoms with E-state index in [0.29, 0.717) is 0 Å². The average molecular weight is 240 g/mol. The summed E-state index contributed by atoms with van der Waals surface area (Å²) in [5, 5.41) is 3.53. The third-order valence-corrected chi connectivity index (χ3v) is 3.48. The number of hydrogen-bond acceptors (Lipinski definition) is 1. The largest absolute Gasteiger partial charge is 0.315 e. The predicted molar refractivity (Wildman–Crippen MR) is 72.0 cm³/mol. The molecule has 0 saturated carbocycles. The highest BCUT2D eigenvalue weighted by molar-refractivity contribution is 6.21. The van der Waals surface area contributed by atoms with E-state index in [-0.39, 0.29) is 5.38 Å². The first-order chi connectivity index (χ1) is 7.77. The smallest absolute Gasteiger partial charge is 0.0709 e. The summed E-state index contributed by atoms with van der Waals surface area (Å²) >= 11 is 6.31. The van der Waals surface area contributed by atoms with E-state index in [9.17, 15) is 0 Å². The van der Waals surface area contributed by atoms with E-state index in [0.717, 1.165) is 19.0 Å². The van der Waals surface area contributed by atoms with Gasteiger partial charge < -0.3 is 5.32 Å². The van der Waals surface area contributed by atoms with E-state index in [1.54, 1.807) is 0 Å². The Morgan fingerprint density at radius 1 is 1.06 bits per heavy atom. The fraction of sp³-hybridized carbons (Fsp3) is 0.571. The lowest BCUT2D eigenvalue weighted by Crippen LogP contribution is -2.25. The SMILES string of the molecule is CCC(CC)CNCC(Cl)c1ccccc1. The molecule has 0 radical (unpaired) electrons. The summed E-state index contributed by atoms with van der Waals surface area (Å²) in [5.74, 6) is 0.777. The first kappa shape index (κ1) is 13.5. The molecule has 1 N–H and O–H groups in total. The standard InChI is InChI=1S/C14H22ClN/c1-3-12(4-2)10-16-11-14(15)13-8-6-5-7-9-13/h5-9,12,14,16H,3-4,10-11H2,1-2H3. The van der Waals surface area contributed by atoms with Gasteiger partial charge in [0, 0.05) is 6.54 Å². The van der Waals surface area contributed by atoms with Crippen LogP contribution in [0.3, 0.4) is 0 Å². The minimum absolute atomic E-state index is 0.0792. The molecule has 0 aliphatic heterocycles. The van der Waals surface area contributed by atoms with Crippen LogP contribution in [0.25, 0.3) is 0 Å². The number of alkyl halides is 1. The highest BCUT2D eigenvalue weighted by Gasteiger charge is 2.08. The van der Waals surface area contributed by atoms with E-state index < -0.39 is 0 Å². The fourth-order valence-corrected chi connectivity index (χ4v) is 2.03. The monoisotopic (exact) mass is 239 g/mol. The number of halogens is 1. The zero-order valence-corrected chi connectivity index (χ0v) is 11.0. The quantitative estimate of drug-likeness (QED) is 0.710. The Labute approximate surface area is 104 Å². The van der Waals surface area contributed by atoms with Gasteiger partial charge in [-0.25, -0.2) is 0 Å². The molecule has 1 aromatic rings. The van der Waals surface area contributed by atoms with Crippen LogP contribution in [-0.2, 0) is 0 Å². The molecule has 16 heavy (non-hydrogen) atoms. The van der Waals surface area contributed by atoms with Crippen LogP contribution < -0.4 is 5.32 Å². The van der Waals surface area contributed by atoms with Crippen molar-refractivity contribution in [2.45, 2.75) is 32.1 Å². The molecule has 1 unspecified atom stereocenters. The molecule has 0 saturated heterocycles. The molecule has 1 nitrogen and oxygen atoms in total. The van der Waals surface area contributed by atoms with Crippen molar-refractivity contribution < 1.29 is 0 Å². The van der Waals surface area contributed by atoms with Crippen LogP contribution in [0.15, 0.2) is 30.3 Å². The predicted octanol–water partition coefficient (Wildman–Crippen LogP) is 3.99. The van der Waals surface area contributed by atoms with Gasteiger partial charge in [-0.15, -0.1) is 11.6 Å². The van der Waals surface area contributed by atoms with Gasteiger partial charge in [0.15, 0.2) is 0 Å². The minimum Gasteiger partial charge on any atom is -0.315 e. The van der Waals surface area contributed by atoms with Gasteiger partial charge in [0.1, 0.15) is 0 Å². The molecule has 90 valence electrons. The lowest BCUT2D eigenvalue weighted by molar-refractivity contribution is 0.450. The van der Waals surface area contributed by atoms with Crippen LogP contribution in [0, 0.1) is 5.92 Å². The molecular formula is C14H22ClN. The zero-order chi connectivity index (χ0) is 11.8. The van der Waals surface area contributed by atoms with E-state index in [1.165, 1.54) is 18.4 Å².